The lowest BCUT2D eigenvalue weighted by Gasteiger charge is -2.12. The number of rotatable bonds is 9. The summed E-state index contributed by atoms with van der Waals surface area (Å²) in [7, 11) is 0. The Morgan fingerprint density at radius 3 is 2.57 bits per heavy atom. The first-order valence-electron chi connectivity index (χ1n) is 10.0. The molecule has 0 aliphatic rings. The Kier molecular flexibility index (Phi) is 6.64. The van der Waals surface area contributed by atoms with Crippen molar-refractivity contribution in [3.8, 4) is 11.1 Å². The van der Waals surface area contributed by atoms with Crippen LogP contribution >= 0.6 is 0 Å². The fourth-order valence-electron chi connectivity index (χ4n) is 3.14. The molecular formula is C24H29N3O. The van der Waals surface area contributed by atoms with E-state index in [2.05, 4.69) is 66.0 Å². The van der Waals surface area contributed by atoms with Gasteiger partial charge in [0.15, 0.2) is 5.89 Å². The van der Waals surface area contributed by atoms with E-state index in [0.717, 1.165) is 40.2 Å². The molecule has 0 bridgehead atoms. The van der Waals surface area contributed by atoms with Gasteiger partial charge in [0.25, 0.3) is 0 Å². The summed E-state index contributed by atoms with van der Waals surface area (Å²) in [6.07, 6.45) is 9.70. The van der Waals surface area contributed by atoms with Gasteiger partial charge in [-0.15, -0.1) is 0 Å². The molecule has 0 atom stereocenters. The van der Waals surface area contributed by atoms with Crippen LogP contribution < -0.4 is 5.32 Å². The minimum Gasteiger partial charge on any atom is -0.449 e. The number of hydrogen-bond acceptors (Lipinski definition) is 4. The summed E-state index contributed by atoms with van der Waals surface area (Å²) < 4.78 is 5.28. The van der Waals surface area contributed by atoms with Gasteiger partial charge in [-0.2, -0.15) is 0 Å². The first-order valence-corrected chi connectivity index (χ1v) is 10.0. The van der Waals surface area contributed by atoms with Crippen molar-refractivity contribution in [3.63, 3.8) is 0 Å². The third kappa shape index (κ3) is 5.10. The second-order valence-electron chi connectivity index (χ2n) is 7.23. The molecule has 4 nitrogen and oxygen atoms in total. The molecule has 0 saturated carbocycles. The van der Waals surface area contributed by atoms with Gasteiger partial charge in [0.05, 0.1) is 5.70 Å². The van der Waals surface area contributed by atoms with E-state index in [1.165, 1.54) is 31.4 Å². The Labute approximate surface area is 167 Å². The van der Waals surface area contributed by atoms with Crippen molar-refractivity contribution in [1.29, 1.82) is 0 Å². The third-order valence-corrected chi connectivity index (χ3v) is 4.90. The van der Waals surface area contributed by atoms with Crippen LogP contribution in [-0.4, -0.2) is 9.97 Å². The van der Waals surface area contributed by atoms with Gasteiger partial charge >= 0.3 is 0 Å². The zero-order valence-corrected chi connectivity index (χ0v) is 17.1. The van der Waals surface area contributed by atoms with Crippen LogP contribution in [0.1, 0.15) is 55.4 Å². The van der Waals surface area contributed by atoms with Crippen molar-refractivity contribution < 1.29 is 4.42 Å². The van der Waals surface area contributed by atoms with Gasteiger partial charge in [-0.05, 0) is 43.0 Å². The smallest absolute Gasteiger partial charge is 0.191 e. The zero-order chi connectivity index (χ0) is 19.9. The predicted molar refractivity (Wildman–Crippen MR) is 116 cm³/mol. The number of pyridine rings is 1. The summed E-state index contributed by atoms with van der Waals surface area (Å²) >= 11 is 0. The van der Waals surface area contributed by atoms with Crippen molar-refractivity contribution in [2.45, 2.75) is 52.9 Å². The highest BCUT2D eigenvalue weighted by Gasteiger charge is 2.08. The Morgan fingerprint density at radius 2 is 1.89 bits per heavy atom. The molecule has 0 aliphatic carbocycles. The standard InChI is InChI=1S/C24H29N3O/c1-5-6-7-8-9-22-13-12-21(15-25-22)20-11-10-17(2)23(14-20)26-18(3)24-16-28-19(4)27-24/h10-16,26H,3,5-9H2,1-2,4H3. The topological polar surface area (TPSA) is 51.0 Å². The first kappa shape index (κ1) is 19.9. The molecule has 0 radical (unpaired) electrons. The first-order chi connectivity index (χ1) is 13.6. The van der Waals surface area contributed by atoms with Gasteiger partial charge in [-0.25, -0.2) is 4.98 Å². The van der Waals surface area contributed by atoms with Gasteiger partial charge in [0.2, 0.25) is 0 Å². The molecule has 0 fully saturated rings. The number of nitrogens with one attached hydrogen (secondary N) is 1. The monoisotopic (exact) mass is 375 g/mol. The third-order valence-electron chi connectivity index (χ3n) is 4.90. The van der Waals surface area contributed by atoms with Gasteiger partial charge in [0.1, 0.15) is 12.0 Å². The van der Waals surface area contributed by atoms with Crippen LogP contribution in [0.4, 0.5) is 5.69 Å². The average molecular weight is 376 g/mol. The summed E-state index contributed by atoms with van der Waals surface area (Å²) in [5.74, 6) is 0.629. The highest BCUT2D eigenvalue weighted by Crippen LogP contribution is 2.27. The summed E-state index contributed by atoms with van der Waals surface area (Å²) in [4.78, 5) is 8.98. The van der Waals surface area contributed by atoms with E-state index < -0.39 is 0 Å². The van der Waals surface area contributed by atoms with Crippen LogP contribution in [0.5, 0.6) is 0 Å². The molecular weight excluding hydrogens is 346 g/mol. The second kappa shape index (κ2) is 9.36. The van der Waals surface area contributed by atoms with E-state index in [4.69, 9.17) is 4.42 Å². The molecule has 2 heterocycles. The minimum atomic E-state index is 0.629. The number of unbranched alkanes of at least 4 members (excludes halogenated alkanes) is 3. The Bertz CT molecular complexity index is 925. The maximum atomic E-state index is 5.28. The van der Waals surface area contributed by atoms with Crippen molar-refractivity contribution in [2.24, 2.45) is 0 Å². The number of hydrogen-bond donors (Lipinski definition) is 1. The summed E-state index contributed by atoms with van der Waals surface area (Å²) in [6, 6.07) is 10.7. The van der Waals surface area contributed by atoms with E-state index >= 15 is 0 Å². The van der Waals surface area contributed by atoms with Crippen LogP contribution in [0.15, 0.2) is 53.8 Å². The summed E-state index contributed by atoms with van der Waals surface area (Å²) in [5.41, 5.74) is 7.00. The van der Waals surface area contributed by atoms with E-state index in [1.54, 1.807) is 6.26 Å². The molecule has 3 rings (SSSR count). The highest BCUT2D eigenvalue weighted by atomic mass is 16.3. The van der Waals surface area contributed by atoms with Crippen LogP contribution in [0.25, 0.3) is 16.8 Å². The number of benzene rings is 1. The fourth-order valence-corrected chi connectivity index (χ4v) is 3.14. The van der Waals surface area contributed by atoms with Gasteiger partial charge in [-0.1, -0.05) is 51.0 Å². The molecule has 0 aliphatic heterocycles. The molecule has 28 heavy (non-hydrogen) atoms. The molecule has 0 spiro atoms. The zero-order valence-electron chi connectivity index (χ0n) is 17.1. The predicted octanol–water partition coefficient (Wildman–Crippen LogP) is 6.56. The number of aryl methyl sites for hydroxylation is 3. The van der Waals surface area contributed by atoms with Crippen LogP contribution in [0.2, 0.25) is 0 Å². The lowest BCUT2D eigenvalue weighted by Crippen LogP contribution is -2.00. The summed E-state index contributed by atoms with van der Waals surface area (Å²) in [6.45, 7) is 10.2. The average Bonchev–Trinajstić information content (AvgIpc) is 3.14. The van der Waals surface area contributed by atoms with Crippen LogP contribution in [0, 0.1) is 13.8 Å². The normalized spacial score (nSPS) is 10.8. The number of aromatic nitrogens is 2. The van der Waals surface area contributed by atoms with Gasteiger partial charge < -0.3 is 9.73 Å². The Morgan fingerprint density at radius 1 is 1.07 bits per heavy atom. The largest absolute Gasteiger partial charge is 0.449 e. The number of anilines is 1. The second-order valence-corrected chi connectivity index (χ2v) is 7.23. The Balaban J connectivity index is 1.71. The molecule has 146 valence electrons. The van der Waals surface area contributed by atoms with Crippen LogP contribution in [0.3, 0.4) is 0 Å². The van der Waals surface area contributed by atoms with E-state index in [1.807, 2.05) is 13.1 Å². The van der Waals surface area contributed by atoms with Crippen molar-refractivity contribution in [1.82, 2.24) is 9.97 Å². The lowest BCUT2D eigenvalue weighted by atomic mass is 10.0. The van der Waals surface area contributed by atoms with Gasteiger partial charge in [0, 0.05) is 30.1 Å². The van der Waals surface area contributed by atoms with E-state index in [9.17, 15) is 0 Å². The molecule has 3 aromatic rings. The van der Waals surface area contributed by atoms with Crippen molar-refractivity contribution in [2.75, 3.05) is 5.32 Å². The number of oxazole rings is 1. The van der Waals surface area contributed by atoms with Crippen molar-refractivity contribution in [3.05, 3.63) is 72.2 Å². The fraction of sp³-hybridized carbons (Fsp3) is 0.333. The number of nitrogens with zero attached hydrogens (tertiary/aromatic N) is 2. The quantitative estimate of drug-likeness (QED) is 0.430. The SMILES string of the molecule is C=C(Nc1cc(-c2ccc(CCCCCC)nc2)ccc1C)c1coc(C)n1. The summed E-state index contributed by atoms with van der Waals surface area (Å²) in [5, 5.41) is 3.36. The van der Waals surface area contributed by atoms with E-state index in [-0.39, 0.29) is 0 Å². The maximum absolute atomic E-state index is 5.28. The van der Waals surface area contributed by atoms with Gasteiger partial charge in [-0.3, -0.25) is 4.98 Å². The van der Waals surface area contributed by atoms with E-state index in [0.29, 0.717) is 5.89 Å². The molecule has 0 unspecified atom stereocenters. The lowest BCUT2D eigenvalue weighted by molar-refractivity contribution is 0.521. The van der Waals surface area contributed by atoms with Crippen LogP contribution in [-0.2, 0) is 6.42 Å². The minimum absolute atomic E-state index is 0.629. The highest BCUT2D eigenvalue weighted by molar-refractivity contribution is 5.78. The molecule has 1 aromatic carbocycles. The molecule has 2 aromatic heterocycles. The van der Waals surface area contributed by atoms with Crippen molar-refractivity contribution >= 4 is 11.4 Å². The molecule has 0 amide bonds. The molecule has 0 saturated heterocycles. The maximum Gasteiger partial charge on any atom is 0.191 e. The Hall–Kier alpha value is -2.88. The molecule has 1 N–H and O–H groups in total. The molecule has 4 heteroatoms.